The van der Waals surface area contributed by atoms with E-state index in [2.05, 4.69) is 0 Å². The number of carbonyl (C=O) groups is 2. The van der Waals surface area contributed by atoms with Gasteiger partial charge in [0.25, 0.3) is 0 Å². The quantitative estimate of drug-likeness (QED) is 0.616. The molecule has 17 heavy (non-hydrogen) atoms. The van der Waals surface area contributed by atoms with E-state index in [1.165, 1.54) is 0 Å². The summed E-state index contributed by atoms with van der Waals surface area (Å²) in [6.45, 7) is 0. The minimum absolute atomic E-state index is 0.345. The van der Waals surface area contributed by atoms with E-state index in [-0.39, 0.29) is 0 Å². The molecule has 4 heteroatoms. The van der Waals surface area contributed by atoms with Crippen LogP contribution in [0.3, 0.4) is 0 Å². The Morgan fingerprint density at radius 2 is 1.71 bits per heavy atom. The molecule has 2 aromatic carbocycles. The summed E-state index contributed by atoms with van der Waals surface area (Å²) in [7, 11) is 0. The van der Waals surface area contributed by atoms with Gasteiger partial charge in [0, 0.05) is 5.56 Å². The summed E-state index contributed by atoms with van der Waals surface area (Å²) in [6, 6.07) is 10.9. The molecule has 86 valence electrons. The van der Waals surface area contributed by atoms with Crippen molar-refractivity contribution in [3.8, 4) is 0 Å². The molecule has 0 spiro atoms. The SMILES string of the molecule is NC(C(=O)O)C(=O)c1cccc2ccccc12. The van der Waals surface area contributed by atoms with Gasteiger partial charge in [0.15, 0.2) is 11.8 Å². The number of benzene rings is 2. The number of carboxylic acids is 1. The van der Waals surface area contributed by atoms with Gasteiger partial charge in [-0.15, -0.1) is 0 Å². The molecule has 2 aromatic rings. The third-order valence-corrected chi connectivity index (χ3v) is 2.60. The van der Waals surface area contributed by atoms with Gasteiger partial charge in [0.1, 0.15) is 0 Å². The molecule has 0 bridgehead atoms. The summed E-state index contributed by atoms with van der Waals surface area (Å²) in [5.74, 6) is -1.89. The number of fused-ring (bicyclic) bond motifs is 1. The average Bonchev–Trinajstić information content (AvgIpc) is 2.36. The number of hydrogen-bond acceptors (Lipinski definition) is 3. The third kappa shape index (κ3) is 2.03. The van der Waals surface area contributed by atoms with Crippen molar-refractivity contribution in [1.82, 2.24) is 0 Å². The van der Waals surface area contributed by atoms with Crippen molar-refractivity contribution in [1.29, 1.82) is 0 Å². The van der Waals surface area contributed by atoms with Crippen LogP contribution in [0.1, 0.15) is 10.4 Å². The molecular weight excluding hydrogens is 218 g/mol. The van der Waals surface area contributed by atoms with Crippen LogP contribution in [0.15, 0.2) is 42.5 Å². The molecule has 0 saturated heterocycles. The van der Waals surface area contributed by atoms with Gasteiger partial charge in [-0.25, -0.2) is 0 Å². The molecule has 0 aliphatic heterocycles. The fraction of sp³-hybridized carbons (Fsp3) is 0.0769. The Kier molecular flexibility index (Phi) is 2.89. The smallest absolute Gasteiger partial charge is 0.328 e. The zero-order valence-electron chi connectivity index (χ0n) is 8.96. The Morgan fingerprint density at radius 3 is 2.41 bits per heavy atom. The predicted octanol–water partition coefficient (Wildman–Crippen LogP) is 1.43. The first-order chi connectivity index (χ1) is 8.11. The van der Waals surface area contributed by atoms with Gasteiger partial charge in [-0.3, -0.25) is 9.59 Å². The molecule has 0 aliphatic carbocycles. The second-order valence-electron chi connectivity index (χ2n) is 3.71. The van der Waals surface area contributed by atoms with Crippen molar-refractivity contribution in [2.24, 2.45) is 5.73 Å². The topological polar surface area (TPSA) is 80.4 Å². The standard InChI is InChI=1S/C13H11NO3/c14-11(13(16)17)12(15)10-7-3-5-8-4-1-2-6-9(8)10/h1-7,11H,14H2,(H,16,17). The summed E-state index contributed by atoms with van der Waals surface area (Å²) >= 11 is 0. The van der Waals surface area contributed by atoms with Crippen LogP contribution in [0, 0.1) is 0 Å². The molecule has 0 aromatic heterocycles. The van der Waals surface area contributed by atoms with E-state index in [0.717, 1.165) is 10.8 Å². The highest BCUT2D eigenvalue weighted by molar-refractivity contribution is 6.17. The van der Waals surface area contributed by atoms with E-state index in [0.29, 0.717) is 5.56 Å². The first-order valence-corrected chi connectivity index (χ1v) is 5.11. The van der Waals surface area contributed by atoms with E-state index in [4.69, 9.17) is 10.8 Å². The van der Waals surface area contributed by atoms with Crippen molar-refractivity contribution in [3.63, 3.8) is 0 Å². The Labute approximate surface area is 97.7 Å². The van der Waals surface area contributed by atoms with Crippen molar-refractivity contribution in [3.05, 3.63) is 48.0 Å². The molecule has 2 rings (SSSR count). The van der Waals surface area contributed by atoms with Gasteiger partial charge in [0.05, 0.1) is 0 Å². The second kappa shape index (κ2) is 4.35. The lowest BCUT2D eigenvalue weighted by atomic mass is 9.98. The van der Waals surface area contributed by atoms with Gasteiger partial charge in [-0.1, -0.05) is 42.5 Å². The maximum atomic E-state index is 11.9. The molecule has 0 amide bonds. The van der Waals surface area contributed by atoms with Gasteiger partial charge >= 0.3 is 5.97 Å². The molecule has 4 nitrogen and oxygen atoms in total. The first kappa shape index (κ1) is 11.3. The lowest BCUT2D eigenvalue weighted by Crippen LogP contribution is -2.38. The van der Waals surface area contributed by atoms with Crippen molar-refractivity contribution < 1.29 is 14.7 Å². The minimum Gasteiger partial charge on any atom is -0.480 e. The van der Waals surface area contributed by atoms with Crippen molar-refractivity contribution in [2.45, 2.75) is 6.04 Å². The van der Waals surface area contributed by atoms with Crippen LogP contribution in [0.5, 0.6) is 0 Å². The van der Waals surface area contributed by atoms with Crippen LogP contribution < -0.4 is 5.73 Å². The number of hydrogen-bond donors (Lipinski definition) is 2. The molecule has 3 N–H and O–H groups in total. The van der Waals surface area contributed by atoms with Gasteiger partial charge in [0.2, 0.25) is 0 Å². The maximum Gasteiger partial charge on any atom is 0.328 e. The number of aliphatic carboxylic acids is 1. The van der Waals surface area contributed by atoms with Gasteiger partial charge in [-0.05, 0) is 10.8 Å². The summed E-state index contributed by atoms with van der Waals surface area (Å²) in [5.41, 5.74) is 5.68. The van der Waals surface area contributed by atoms with Crippen LogP contribution in [0.4, 0.5) is 0 Å². The van der Waals surface area contributed by atoms with Crippen LogP contribution in [0.25, 0.3) is 10.8 Å². The van der Waals surface area contributed by atoms with Crippen LogP contribution in [-0.2, 0) is 4.79 Å². The largest absolute Gasteiger partial charge is 0.480 e. The number of Topliss-reactive ketones (excluding diaryl/α,β-unsaturated/α-hetero) is 1. The summed E-state index contributed by atoms with van der Waals surface area (Å²) < 4.78 is 0. The molecule has 0 heterocycles. The fourth-order valence-electron chi connectivity index (χ4n) is 1.72. The Balaban J connectivity index is 2.56. The molecule has 0 aliphatic rings. The highest BCUT2D eigenvalue weighted by Gasteiger charge is 2.23. The Bertz CT molecular complexity index is 587. The van der Waals surface area contributed by atoms with Crippen molar-refractivity contribution >= 4 is 22.5 Å². The number of ketones is 1. The van der Waals surface area contributed by atoms with E-state index in [1.54, 1.807) is 24.3 Å². The minimum atomic E-state index is -1.51. The Morgan fingerprint density at radius 1 is 1.06 bits per heavy atom. The molecule has 0 fully saturated rings. The maximum absolute atomic E-state index is 11.9. The van der Waals surface area contributed by atoms with Crippen molar-refractivity contribution in [2.75, 3.05) is 0 Å². The van der Waals surface area contributed by atoms with Gasteiger partial charge < -0.3 is 10.8 Å². The van der Waals surface area contributed by atoms with Crippen LogP contribution >= 0.6 is 0 Å². The Hall–Kier alpha value is -2.20. The second-order valence-corrected chi connectivity index (χ2v) is 3.71. The number of carbonyl (C=O) groups excluding carboxylic acids is 1. The zero-order chi connectivity index (χ0) is 12.4. The third-order valence-electron chi connectivity index (χ3n) is 2.60. The van der Waals surface area contributed by atoms with Crippen LogP contribution in [0.2, 0.25) is 0 Å². The molecule has 1 atom stereocenters. The fourth-order valence-corrected chi connectivity index (χ4v) is 1.72. The lowest BCUT2D eigenvalue weighted by Gasteiger charge is -2.08. The highest BCUT2D eigenvalue weighted by atomic mass is 16.4. The number of rotatable bonds is 3. The van der Waals surface area contributed by atoms with E-state index in [1.807, 2.05) is 18.2 Å². The van der Waals surface area contributed by atoms with Crippen LogP contribution in [-0.4, -0.2) is 22.9 Å². The number of nitrogens with two attached hydrogens (primary N) is 1. The molecule has 1 unspecified atom stereocenters. The predicted molar refractivity (Wildman–Crippen MR) is 63.9 cm³/mol. The molecule has 0 saturated carbocycles. The lowest BCUT2D eigenvalue weighted by molar-refractivity contribution is -0.137. The number of carboxylic acid groups (broad SMARTS) is 1. The van der Waals surface area contributed by atoms with E-state index >= 15 is 0 Å². The zero-order valence-corrected chi connectivity index (χ0v) is 8.96. The highest BCUT2D eigenvalue weighted by Crippen LogP contribution is 2.19. The summed E-state index contributed by atoms with van der Waals surface area (Å²) in [6.07, 6.45) is 0. The average molecular weight is 229 g/mol. The summed E-state index contributed by atoms with van der Waals surface area (Å²) in [5, 5.41) is 10.3. The summed E-state index contributed by atoms with van der Waals surface area (Å²) in [4.78, 5) is 22.6. The van der Waals surface area contributed by atoms with E-state index in [9.17, 15) is 9.59 Å². The normalized spacial score (nSPS) is 12.3. The molecular formula is C13H11NO3. The van der Waals surface area contributed by atoms with Gasteiger partial charge in [-0.2, -0.15) is 0 Å². The first-order valence-electron chi connectivity index (χ1n) is 5.11. The molecule has 0 radical (unpaired) electrons. The monoisotopic (exact) mass is 229 g/mol. The van der Waals surface area contributed by atoms with E-state index < -0.39 is 17.8 Å².